The molecular weight excluding hydrogens is 241 g/mol. The fourth-order valence-corrected chi connectivity index (χ4v) is 2.22. The molecular formula is C15H12FN3. The summed E-state index contributed by atoms with van der Waals surface area (Å²) in [5.41, 5.74) is 1.67. The molecule has 94 valence electrons. The summed E-state index contributed by atoms with van der Waals surface area (Å²) in [7, 11) is 0. The zero-order valence-electron chi connectivity index (χ0n) is 10.2. The van der Waals surface area contributed by atoms with Crippen LogP contribution in [0, 0.1) is 17.1 Å². The van der Waals surface area contributed by atoms with Crippen LogP contribution in [0.4, 0.5) is 10.2 Å². The van der Waals surface area contributed by atoms with Gasteiger partial charge in [-0.3, -0.25) is 0 Å². The molecule has 19 heavy (non-hydrogen) atoms. The predicted molar refractivity (Wildman–Crippen MR) is 70.1 cm³/mol. The van der Waals surface area contributed by atoms with E-state index in [0.717, 1.165) is 12.0 Å². The molecule has 1 saturated carbocycles. The molecule has 0 spiro atoms. The van der Waals surface area contributed by atoms with Gasteiger partial charge < -0.3 is 5.32 Å². The number of pyridine rings is 1. The first-order valence-corrected chi connectivity index (χ1v) is 6.15. The molecule has 2 atom stereocenters. The van der Waals surface area contributed by atoms with Gasteiger partial charge in [0.15, 0.2) is 0 Å². The van der Waals surface area contributed by atoms with E-state index >= 15 is 0 Å². The van der Waals surface area contributed by atoms with E-state index in [1.807, 2.05) is 12.1 Å². The molecule has 1 aromatic heterocycles. The van der Waals surface area contributed by atoms with Crippen LogP contribution in [0.25, 0.3) is 0 Å². The number of nitrogens with zero attached hydrogens (tertiary/aromatic N) is 2. The van der Waals surface area contributed by atoms with Crippen LogP contribution in [0.1, 0.15) is 23.5 Å². The van der Waals surface area contributed by atoms with E-state index in [2.05, 4.69) is 16.4 Å². The number of hydrogen-bond acceptors (Lipinski definition) is 3. The fraction of sp³-hybridized carbons (Fsp3) is 0.200. The highest BCUT2D eigenvalue weighted by Crippen LogP contribution is 2.42. The molecule has 0 radical (unpaired) electrons. The Bertz CT molecular complexity index is 631. The first kappa shape index (κ1) is 11.7. The molecule has 1 fully saturated rings. The standard InChI is InChI=1S/C15H12FN3/c16-12-5-3-10(4-6-12)13-8-14(13)19-15-11(9-17)2-1-7-18-15/h1-7,13-14H,8H2,(H,18,19)/t13-,14+/m0/s1. The van der Waals surface area contributed by atoms with Gasteiger partial charge in [0.05, 0.1) is 5.56 Å². The van der Waals surface area contributed by atoms with Crippen molar-refractivity contribution in [3.05, 3.63) is 59.5 Å². The van der Waals surface area contributed by atoms with Crippen molar-refractivity contribution in [1.82, 2.24) is 4.98 Å². The lowest BCUT2D eigenvalue weighted by Gasteiger charge is -2.06. The Morgan fingerprint density at radius 3 is 2.79 bits per heavy atom. The summed E-state index contributed by atoms with van der Waals surface area (Å²) < 4.78 is 12.9. The highest BCUT2D eigenvalue weighted by Gasteiger charge is 2.38. The van der Waals surface area contributed by atoms with E-state index in [1.165, 1.54) is 12.1 Å². The van der Waals surface area contributed by atoms with Gasteiger partial charge in [-0.1, -0.05) is 12.1 Å². The number of anilines is 1. The van der Waals surface area contributed by atoms with Crippen molar-refractivity contribution in [3.8, 4) is 6.07 Å². The second-order valence-electron chi connectivity index (χ2n) is 4.66. The van der Waals surface area contributed by atoms with Crippen LogP contribution >= 0.6 is 0 Å². The number of nitriles is 1. The summed E-state index contributed by atoms with van der Waals surface area (Å²) in [6.07, 6.45) is 2.64. The van der Waals surface area contributed by atoms with Gasteiger partial charge in [-0.05, 0) is 36.2 Å². The molecule has 0 unspecified atom stereocenters. The molecule has 1 aromatic carbocycles. The lowest BCUT2D eigenvalue weighted by atomic mass is 10.1. The predicted octanol–water partition coefficient (Wildman–Crippen LogP) is 3.06. The SMILES string of the molecule is N#Cc1cccnc1N[C@@H]1C[C@H]1c1ccc(F)cc1. The van der Waals surface area contributed by atoms with Crippen LogP contribution in [0.2, 0.25) is 0 Å². The van der Waals surface area contributed by atoms with Gasteiger partial charge in [-0.15, -0.1) is 0 Å². The lowest BCUT2D eigenvalue weighted by molar-refractivity contribution is 0.627. The Balaban J connectivity index is 1.71. The number of rotatable bonds is 3. The van der Waals surface area contributed by atoms with Crippen molar-refractivity contribution >= 4 is 5.82 Å². The zero-order chi connectivity index (χ0) is 13.2. The van der Waals surface area contributed by atoms with E-state index in [-0.39, 0.29) is 11.9 Å². The van der Waals surface area contributed by atoms with Gasteiger partial charge in [0.2, 0.25) is 0 Å². The minimum absolute atomic E-state index is 0.217. The highest BCUT2D eigenvalue weighted by atomic mass is 19.1. The highest BCUT2D eigenvalue weighted by molar-refractivity contribution is 5.53. The number of hydrogen-bond donors (Lipinski definition) is 1. The van der Waals surface area contributed by atoms with Crippen LogP contribution in [-0.4, -0.2) is 11.0 Å². The van der Waals surface area contributed by atoms with Crippen molar-refractivity contribution in [1.29, 1.82) is 5.26 Å². The molecule has 1 heterocycles. The topological polar surface area (TPSA) is 48.7 Å². The Morgan fingerprint density at radius 1 is 1.26 bits per heavy atom. The summed E-state index contributed by atoms with van der Waals surface area (Å²) >= 11 is 0. The molecule has 3 nitrogen and oxygen atoms in total. The van der Waals surface area contributed by atoms with E-state index < -0.39 is 0 Å². The monoisotopic (exact) mass is 253 g/mol. The Labute approximate surface area is 110 Å². The van der Waals surface area contributed by atoms with Gasteiger partial charge in [0.1, 0.15) is 17.7 Å². The summed E-state index contributed by atoms with van der Waals surface area (Å²) in [5.74, 6) is 0.777. The maximum absolute atomic E-state index is 12.9. The van der Waals surface area contributed by atoms with Crippen molar-refractivity contribution in [2.45, 2.75) is 18.4 Å². The first-order valence-electron chi connectivity index (χ1n) is 6.15. The van der Waals surface area contributed by atoms with E-state index in [0.29, 0.717) is 17.3 Å². The molecule has 0 saturated heterocycles. The quantitative estimate of drug-likeness (QED) is 0.914. The molecule has 0 amide bonds. The summed E-state index contributed by atoms with van der Waals surface area (Å²) in [6, 6.07) is 12.5. The Morgan fingerprint density at radius 2 is 2.05 bits per heavy atom. The minimum atomic E-state index is -0.217. The van der Waals surface area contributed by atoms with Crippen LogP contribution in [-0.2, 0) is 0 Å². The van der Waals surface area contributed by atoms with Gasteiger partial charge in [0.25, 0.3) is 0 Å². The van der Waals surface area contributed by atoms with Crippen molar-refractivity contribution < 1.29 is 4.39 Å². The first-order chi connectivity index (χ1) is 9.28. The average Bonchev–Trinajstić information content (AvgIpc) is 3.19. The van der Waals surface area contributed by atoms with Gasteiger partial charge >= 0.3 is 0 Å². The lowest BCUT2D eigenvalue weighted by Crippen LogP contribution is -2.07. The second kappa shape index (κ2) is 4.69. The molecule has 0 bridgehead atoms. The molecule has 1 N–H and O–H groups in total. The van der Waals surface area contributed by atoms with E-state index in [1.54, 1.807) is 18.3 Å². The molecule has 0 aliphatic heterocycles. The molecule has 3 rings (SSSR count). The third-order valence-electron chi connectivity index (χ3n) is 3.34. The minimum Gasteiger partial charge on any atom is -0.366 e. The number of benzene rings is 1. The van der Waals surface area contributed by atoms with E-state index in [4.69, 9.17) is 5.26 Å². The van der Waals surface area contributed by atoms with Crippen LogP contribution in [0.3, 0.4) is 0 Å². The fourth-order valence-electron chi connectivity index (χ4n) is 2.22. The molecule has 1 aliphatic rings. The summed E-state index contributed by atoms with van der Waals surface area (Å²) in [4.78, 5) is 4.18. The smallest absolute Gasteiger partial charge is 0.144 e. The van der Waals surface area contributed by atoms with Crippen LogP contribution < -0.4 is 5.32 Å². The second-order valence-corrected chi connectivity index (χ2v) is 4.66. The number of halogens is 1. The summed E-state index contributed by atoms with van der Waals surface area (Å²) in [5, 5.41) is 12.3. The van der Waals surface area contributed by atoms with Crippen LogP contribution in [0.15, 0.2) is 42.6 Å². The third kappa shape index (κ3) is 2.41. The number of aromatic nitrogens is 1. The van der Waals surface area contributed by atoms with Gasteiger partial charge in [-0.25, -0.2) is 9.37 Å². The van der Waals surface area contributed by atoms with Gasteiger partial charge in [0, 0.05) is 18.2 Å². The third-order valence-corrected chi connectivity index (χ3v) is 3.34. The average molecular weight is 253 g/mol. The van der Waals surface area contributed by atoms with E-state index in [9.17, 15) is 4.39 Å². The normalized spacial score (nSPS) is 20.6. The van der Waals surface area contributed by atoms with Crippen LogP contribution in [0.5, 0.6) is 0 Å². The maximum atomic E-state index is 12.9. The molecule has 2 aromatic rings. The maximum Gasteiger partial charge on any atom is 0.144 e. The largest absolute Gasteiger partial charge is 0.366 e. The van der Waals surface area contributed by atoms with Crippen molar-refractivity contribution in [2.75, 3.05) is 5.32 Å². The molecule has 4 heteroatoms. The van der Waals surface area contributed by atoms with Gasteiger partial charge in [-0.2, -0.15) is 5.26 Å². The molecule has 1 aliphatic carbocycles. The summed E-state index contributed by atoms with van der Waals surface area (Å²) in [6.45, 7) is 0. The number of nitrogens with one attached hydrogen (secondary N) is 1. The Kier molecular flexibility index (Phi) is 2.88. The van der Waals surface area contributed by atoms with Crippen molar-refractivity contribution in [3.63, 3.8) is 0 Å². The van der Waals surface area contributed by atoms with Crippen molar-refractivity contribution in [2.24, 2.45) is 0 Å². The zero-order valence-corrected chi connectivity index (χ0v) is 10.2. The Hall–Kier alpha value is -2.41.